The zero-order valence-corrected chi connectivity index (χ0v) is 15.3. The molecule has 0 spiro atoms. The van der Waals surface area contributed by atoms with Crippen LogP contribution >= 0.6 is 15.9 Å². The molecule has 0 aliphatic rings. The van der Waals surface area contributed by atoms with Crippen molar-refractivity contribution in [1.82, 2.24) is 5.43 Å². The van der Waals surface area contributed by atoms with E-state index in [4.69, 9.17) is 4.74 Å². The van der Waals surface area contributed by atoms with Gasteiger partial charge in [-0.15, -0.1) is 0 Å². The van der Waals surface area contributed by atoms with Crippen molar-refractivity contribution in [3.63, 3.8) is 0 Å². The van der Waals surface area contributed by atoms with Gasteiger partial charge in [-0.05, 0) is 48.0 Å². The summed E-state index contributed by atoms with van der Waals surface area (Å²) < 4.78 is 6.61. The number of nitrogens with zero attached hydrogens (tertiary/aromatic N) is 1. The molecule has 0 aromatic heterocycles. The van der Waals surface area contributed by atoms with Crippen LogP contribution in [0.1, 0.15) is 22.8 Å². The number of nitrogens with one attached hydrogen (secondary N) is 1. The smallest absolute Gasteiger partial charge is 0.271 e. The molecule has 3 rings (SSSR count). The van der Waals surface area contributed by atoms with Crippen molar-refractivity contribution >= 4 is 38.8 Å². The van der Waals surface area contributed by atoms with Crippen LogP contribution in [0.5, 0.6) is 5.75 Å². The van der Waals surface area contributed by atoms with Crippen LogP contribution in [0.25, 0.3) is 10.8 Å². The molecule has 0 unspecified atom stereocenters. The molecule has 4 nitrogen and oxygen atoms in total. The normalized spacial score (nSPS) is 11.0. The first kappa shape index (κ1) is 17.2. The second kappa shape index (κ2) is 7.94. The molecule has 126 valence electrons. The first-order valence-electron chi connectivity index (χ1n) is 7.92. The van der Waals surface area contributed by atoms with Gasteiger partial charge in [0, 0.05) is 15.6 Å². The number of benzene rings is 3. The number of carbonyl (C=O) groups excluding carboxylic acids is 1. The summed E-state index contributed by atoms with van der Waals surface area (Å²) in [5.74, 6) is 0.477. The molecule has 3 aromatic carbocycles. The first-order valence-corrected chi connectivity index (χ1v) is 8.72. The van der Waals surface area contributed by atoms with E-state index in [1.807, 2.05) is 55.5 Å². The van der Waals surface area contributed by atoms with Crippen LogP contribution in [0, 0.1) is 0 Å². The van der Waals surface area contributed by atoms with Gasteiger partial charge >= 0.3 is 0 Å². The highest BCUT2D eigenvalue weighted by Crippen LogP contribution is 2.26. The molecule has 0 fully saturated rings. The van der Waals surface area contributed by atoms with Crippen LogP contribution < -0.4 is 10.2 Å². The van der Waals surface area contributed by atoms with Gasteiger partial charge in [0.15, 0.2) is 0 Å². The van der Waals surface area contributed by atoms with Crippen molar-refractivity contribution in [3.8, 4) is 5.75 Å². The summed E-state index contributed by atoms with van der Waals surface area (Å²) in [7, 11) is 0. The van der Waals surface area contributed by atoms with Crippen LogP contribution in [-0.2, 0) is 0 Å². The lowest BCUT2D eigenvalue weighted by atomic mass is 10.0. The summed E-state index contributed by atoms with van der Waals surface area (Å²) in [6, 6.07) is 19.0. The quantitative estimate of drug-likeness (QED) is 0.498. The minimum absolute atomic E-state index is 0.262. The lowest BCUT2D eigenvalue weighted by Crippen LogP contribution is -2.17. The Bertz CT molecular complexity index is 921. The SMILES string of the molecule is CCOc1ccc2ccccc2c1/C=N\NC(=O)c1ccc(Br)cc1. The predicted octanol–water partition coefficient (Wildman–Crippen LogP) is 4.76. The summed E-state index contributed by atoms with van der Waals surface area (Å²) >= 11 is 3.35. The summed E-state index contributed by atoms with van der Waals surface area (Å²) in [6.45, 7) is 2.50. The Morgan fingerprint density at radius 3 is 2.64 bits per heavy atom. The standard InChI is InChI=1S/C20H17BrN2O2/c1-2-25-19-12-9-14-5-3-4-6-17(14)18(19)13-22-23-20(24)15-7-10-16(21)11-8-15/h3-13H,2H2,1H3,(H,23,24)/b22-13-. The van der Waals surface area contributed by atoms with Crippen molar-refractivity contribution in [1.29, 1.82) is 0 Å². The second-order valence-electron chi connectivity index (χ2n) is 5.34. The molecule has 0 saturated carbocycles. The molecule has 5 heteroatoms. The third kappa shape index (κ3) is 4.06. The van der Waals surface area contributed by atoms with E-state index in [-0.39, 0.29) is 5.91 Å². The number of carbonyl (C=O) groups is 1. The second-order valence-corrected chi connectivity index (χ2v) is 6.25. The average molecular weight is 397 g/mol. The summed E-state index contributed by atoms with van der Waals surface area (Å²) in [5, 5.41) is 6.23. The highest BCUT2D eigenvalue weighted by atomic mass is 79.9. The number of halogens is 1. The number of hydrogen-bond acceptors (Lipinski definition) is 3. The van der Waals surface area contributed by atoms with E-state index in [1.54, 1.807) is 18.3 Å². The number of hydrazone groups is 1. The maximum atomic E-state index is 12.1. The highest BCUT2D eigenvalue weighted by molar-refractivity contribution is 9.10. The van der Waals surface area contributed by atoms with E-state index >= 15 is 0 Å². The van der Waals surface area contributed by atoms with Crippen molar-refractivity contribution in [3.05, 3.63) is 76.3 Å². The van der Waals surface area contributed by atoms with Crippen LogP contribution in [0.3, 0.4) is 0 Å². The van der Waals surface area contributed by atoms with Crippen LogP contribution in [0.2, 0.25) is 0 Å². The fourth-order valence-electron chi connectivity index (χ4n) is 2.51. The molecular weight excluding hydrogens is 380 g/mol. The van der Waals surface area contributed by atoms with Crippen LogP contribution in [0.15, 0.2) is 70.2 Å². The molecule has 0 heterocycles. The Morgan fingerprint density at radius 2 is 1.88 bits per heavy atom. The third-order valence-corrected chi connectivity index (χ3v) is 4.23. The summed E-state index contributed by atoms with van der Waals surface area (Å²) in [4.78, 5) is 12.1. The van der Waals surface area contributed by atoms with Crippen LogP contribution in [0.4, 0.5) is 0 Å². The lowest BCUT2D eigenvalue weighted by molar-refractivity contribution is 0.0955. The molecule has 0 atom stereocenters. The number of hydrogen-bond donors (Lipinski definition) is 1. The molecule has 1 N–H and O–H groups in total. The van der Waals surface area contributed by atoms with E-state index in [2.05, 4.69) is 26.5 Å². The molecule has 1 amide bonds. The summed E-state index contributed by atoms with van der Waals surface area (Å²) in [5.41, 5.74) is 3.95. The topological polar surface area (TPSA) is 50.7 Å². The minimum Gasteiger partial charge on any atom is -0.493 e. The Kier molecular flexibility index (Phi) is 5.46. The Hall–Kier alpha value is -2.66. The predicted molar refractivity (Wildman–Crippen MR) is 104 cm³/mol. The molecule has 0 saturated heterocycles. The molecule has 0 radical (unpaired) electrons. The molecule has 0 aliphatic heterocycles. The fourth-order valence-corrected chi connectivity index (χ4v) is 2.78. The van der Waals surface area contributed by atoms with Crippen molar-refractivity contribution in [2.24, 2.45) is 5.10 Å². The van der Waals surface area contributed by atoms with Crippen molar-refractivity contribution in [2.75, 3.05) is 6.61 Å². The maximum absolute atomic E-state index is 12.1. The zero-order valence-electron chi connectivity index (χ0n) is 13.7. The fraction of sp³-hybridized carbons (Fsp3) is 0.100. The molecule has 0 aliphatic carbocycles. The van der Waals surface area contributed by atoms with Crippen LogP contribution in [-0.4, -0.2) is 18.7 Å². The van der Waals surface area contributed by atoms with Gasteiger partial charge in [0.25, 0.3) is 5.91 Å². The lowest BCUT2D eigenvalue weighted by Gasteiger charge is -2.10. The number of fused-ring (bicyclic) bond motifs is 1. The minimum atomic E-state index is -0.262. The monoisotopic (exact) mass is 396 g/mol. The van der Waals surface area contributed by atoms with E-state index in [9.17, 15) is 4.79 Å². The van der Waals surface area contributed by atoms with Gasteiger partial charge < -0.3 is 4.74 Å². The molecule has 0 bridgehead atoms. The van der Waals surface area contributed by atoms with E-state index in [1.165, 1.54) is 0 Å². The summed E-state index contributed by atoms with van der Waals surface area (Å²) in [6.07, 6.45) is 1.63. The largest absolute Gasteiger partial charge is 0.493 e. The van der Waals surface area contributed by atoms with E-state index in [0.717, 1.165) is 26.6 Å². The number of ether oxygens (including phenoxy) is 1. The van der Waals surface area contributed by atoms with Gasteiger partial charge in [0.2, 0.25) is 0 Å². The number of amides is 1. The Labute approximate surface area is 154 Å². The Morgan fingerprint density at radius 1 is 1.12 bits per heavy atom. The van der Waals surface area contributed by atoms with Gasteiger partial charge in [0.1, 0.15) is 5.75 Å². The third-order valence-electron chi connectivity index (χ3n) is 3.70. The van der Waals surface area contributed by atoms with Crippen molar-refractivity contribution in [2.45, 2.75) is 6.92 Å². The average Bonchev–Trinajstić information content (AvgIpc) is 2.64. The number of rotatable bonds is 5. The maximum Gasteiger partial charge on any atom is 0.271 e. The van der Waals surface area contributed by atoms with Gasteiger partial charge in [-0.3, -0.25) is 4.79 Å². The van der Waals surface area contributed by atoms with Gasteiger partial charge in [-0.1, -0.05) is 46.3 Å². The highest BCUT2D eigenvalue weighted by Gasteiger charge is 2.07. The van der Waals surface area contributed by atoms with Gasteiger partial charge in [0.05, 0.1) is 12.8 Å². The van der Waals surface area contributed by atoms with Crippen molar-refractivity contribution < 1.29 is 9.53 Å². The van der Waals surface area contributed by atoms with E-state index in [0.29, 0.717) is 12.2 Å². The molecule has 3 aromatic rings. The first-order chi connectivity index (χ1) is 12.2. The van der Waals surface area contributed by atoms with E-state index < -0.39 is 0 Å². The van der Waals surface area contributed by atoms with Gasteiger partial charge in [-0.2, -0.15) is 5.10 Å². The van der Waals surface area contributed by atoms with Gasteiger partial charge in [-0.25, -0.2) is 5.43 Å². The molecule has 25 heavy (non-hydrogen) atoms. The zero-order chi connectivity index (χ0) is 17.6. The Balaban J connectivity index is 1.86. The molecular formula is C20H17BrN2O2.